The summed E-state index contributed by atoms with van der Waals surface area (Å²) < 4.78 is 0. The van der Waals surface area contributed by atoms with Gasteiger partial charge in [-0.15, -0.1) is 33.2 Å². The highest BCUT2D eigenvalue weighted by molar-refractivity contribution is 7.64. The maximum absolute atomic E-state index is 5.89. The molecule has 0 atom stereocenters. The van der Waals surface area contributed by atoms with Gasteiger partial charge in [-0.3, -0.25) is 0 Å². The summed E-state index contributed by atoms with van der Waals surface area (Å²) in [7, 11) is 0. The second-order valence-corrected chi connectivity index (χ2v) is 17.4. The van der Waals surface area contributed by atoms with Crippen LogP contribution in [0.1, 0.15) is 135 Å². The van der Waals surface area contributed by atoms with E-state index in [9.17, 15) is 0 Å². The molecule has 0 aromatic heterocycles. The molecule has 0 saturated carbocycles. The molecule has 0 saturated heterocycles. The van der Waals surface area contributed by atoms with Crippen molar-refractivity contribution in [3.63, 3.8) is 0 Å². The molecule has 0 bridgehead atoms. The first-order valence-corrected chi connectivity index (χ1v) is 16.9. The molecule has 0 fully saturated rings. The maximum atomic E-state index is 5.89. The Morgan fingerprint density at radius 3 is 0.846 bits per heavy atom. The Labute approximate surface area is 180 Å². The van der Waals surface area contributed by atoms with E-state index in [0.717, 1.165) is 12.5 Å². The minimum atomic E-state index is -2.35. The molecule has 0 rings (SSSR count). The molecular formula is C22H45Cl3Si. The molecule has 0 nitrogen and oxygen atoms in total. The van der Waals surface area contributed by atoms with E-state index < -0.39 is 6.00 Å². The van der Waals surface area contributed by atoms with Crippen LogP contribution in [0.4, 0.5) is 0 Å². The standard InChI is InChI=1S/C22H45Cl3Si/c1-2-3-4-5-6-7-8-9-10-11-12-13-14-15-16-17-18-19-20-21-22-26(23,24)25/h2-22H2,1H3. The van der Waals surface area contributed by atoms with Crippen LogP contribution < -0.4 is 0 Å². The van der Waals surface area contributed by atoms with Crippen LogP contribution in [0.15, 0.2) is 0 Å². The highest BCUT2D eigenvalue weighted by Crippen LogP contribution is 2.27. The highest BCUT2D eigenvalue weighted by atomic mass is 35.8. The van der Waals surface area contributed by atoms with Gasteiger partial charge in [0, 0.05) is 0 Å². The molecule has 0 amide bonds. The summed E-state index contributed by atoms with van der Waals surface area (Å²) in [4.78, 5) is 0. The van der Waals surface area contributed by atoms with Crippen molar-refractivity contribution in [1.29, 1.82) is 0 Å². The monoisotopic (exact) mass is 442 g/mol. The lowest BCUT2D eigenvalue weighted by molar-refractivity contribution is 0.523. The SMILES string of the molecule is CCCCCCCCCCCCCCCCCCCCCC[Si](Cl)(Cl)Cl. The minimum absolute atomic E-state index is 0.830. The number of hydrogen-bond donors (Lipinski definition) is 0. The van der Waals surface area contributed by atoms with E-state index >= 15 is 0 Å². The van der Waals surface area contributed by atoms with E-state index in [1.54, 1.807) is 0 Å². The van der Waals surface area contributed by atoms with Gasteiger partial charge in [-0.25, -0.2) is 0 Å². The molecule has 0 aromatic rings. The van der Waals surface area contributed by atoms with Crippen LogP contribution in [0, 0.1) is 0 Å². The van der Waals surface area contributed by atoms with Crippen molar-refractivity contribution in [2.45, 2.75) is 141 Å². The first-order valence-electron chi connectivity index (χ1n) is 11.6. The maximum Gasteiger partial charge on any atom is 0.341 e. The second kappa shape index (κ2) is 20.8. The van der Waals surface area contributed by atoms with Gasteiger partial charge in [-0.05, 0) is 6.04 Å². The average Bonchev–Trinajstić information content (AvgIpc) is 2.59. The van der Waals surface area contributed by atoms with Crippen molar-refractivity contribution in [1.82, 2.24) is 0 Å². The molecule has 158 valence electrons. The zero-order valence-electron chi connectivity index (χ0n) is 17.5. The summed E-state index contributed by atoms with van der Waals surface area (Å²) in [5.74, 6) is 0. The molecule has 0 aliphatic heterocycles. The largest absolute Gasteiger partial charge is 0.341 e. The van der Waals surface area contributed by atoms with Gasteiger partial charge in [0.2, 0.25) is 0 Å². The normalized spacial score (nSPS) is 12.0. The molecule has 0 unspecified atom stereocenters. The van der Waals surface area contributed by atoms with Crippen LogP contribution in [0.25, 0.3) is 0 Å². The van der Waals surface area contributed by atoms with Gasteiger partial charge in [-0.1, -0.05) is 135 Å². The molecule has 4 heteroatoms. The van der Waals surface area contributed by atoms with Crippen molar-refractivity contribution in [2.75, 3.05) is 0 Å². The minimum Gasteiger partial charge on any atom is -0.126 e. The molecule has 0 N–H and O–H groups in total. The summed E-state index contributed by atoms with van der Waals surface area (Å²) in [6.45, 7) is 2.29. The van der Waals surface area contributed by atoms with E-state index in [2.05, 4.69) is 6.92 Å². The zero-order chi connectivity index (χ0) is 19.3. The molecular weight excluding hydrogens is 399 g/mol. The third-order valence-electron chi connectivity index (χ3n) is 5.31. The summed E-state index contributed by atoms with van der Waals surface area (Å²) >= 11 is 17.7. The van der Waals surface area contributed by atoms with Crippen LogP contribution in [0.5, 0.6) is 0 Å². The van der Waals surface area contributed by atoms with Crippen molar-refractivity contribution >= 4 is 39.2 Å². The number of rotatable bonds is 21. The lowest BCUT2D eigenvalue weighted by atomic mass is 10.0. The predicted molar refractivity (Wildman–Crippen MR) is 126 cm³/mol. The Hall–Kier alpha value is 1.09. The second-order valence-electron chi connectivity index (χ2n) is 8.08. The molecule has 0 spiro atoms. The Morgan fingerprint density at radius 1 is 0.385 bits per heavy atom. The topological polar surface area (TPSA) is 0 Å². The molecule has 0 radical (unpaired) electrons. The van der Waals surface area contributed by atoms with E-state index in [-0.39, 0.29) is 0 Å². The number of halogens is 3. The smallest absolute Gasteiger partial charge is 0.126 e. The van der Waals surface area contributed by atoms with Gasteiger partial charge >= 0.3 is 6.00 Å². The lowest BCUT2D eigenvalue weighted by Gasteiger charge is -2.07. The Morgan fingerprint density at radius 2 is 0.615 bits per heavy atom. The van der Waals surface area contributed by atoms with Gasteiger partial charge in [0.05, 0.1) is 0 Å². The lowest BCUT2D eigenvalue weighted by Crippen LogP contribution is -2.07. The van der Waals surface area contributed by atoms with E-state index in [0.29, 0.717) is 0 Å². The molecule has 26 heavy (non-hydrogen) atoms. The number of unbranched alkanes of at least 4 members (excludes halogenated alkanes) is 19. The predicted octanol–water partition coefficient (Wildman–Crippen LogP) is 10.5. The Balaban J connectivity index is 3.01. The van der Waals surface area contributed by atoms with E-state index in [1.807, 2.05) is 0 Å². The van der Waals surface area contributed by atoms with Crippen molar-refractivity contribution in [3.8, 4) is 0 Å². The summed E-state index contributed by atoms with van der Waals surface area (Å²) in [5, 5.41) is 0. The van der Waals surface area contributed by atoms with Gasteiger partial charge in [0.1, 0.15) is 0 Å². The third-order valence-corrected chi connectivity index (χ3v) is 7.94. The first kappa shape index (κ1) is 27.1. The Kier molecular flexibility index (Phi) is 21.7. The summed E-state index contributed by atoms with van der Waals surface area (Å²) in [5.41, 5.74) is 0. The average molecular weight is 444 g/mol. The van der Waals surface area contributed by atoms with Gasteiger partial charge < -0.3 is 0 Å². The zero-order valence-corrected chi connectivity index (χ0v) is 20.8. The van der Waals surface area contributed by atoms with Crippen molar-refractivity contribution in [3.05, 3.63) is 0 Å². The van der Waals surface area contributed by atoms with Gasteiger partial charge in [-0.2, -0.15) is 0 Å². The van der Waals surface area contributed by atoms with Crippen LogP contribution in [0.2, 0.25) is 6.04 Å². The van der Waals surface area contributed by atoms with Crippen LogP contribution >= 0.6 is 33.2 Å². The van der Waals surface area contributed by atoms with Gasteiger partial charge in [0.25, 0.3) is 0 Å². The van der Waals surface area contributed by atoms with Crippen molar-refractivity contribution in [2.24, 2.45) is 0 Å². The van der Waals surface area contributed by atoms with Crippen molar-refractivity contribution < 1.29 is 0 Å². The summed E-state index contributed by atoms with van der Waals surface area (Å²) in [6, 6.07) is -1.52. The van der Waals surface area contributed by atoms with Gasteiger partial charge in [0.15, 0.2) is 0 Å². The third kappa shape index (κ3) is 25.1. The fraction of sp³-hybridized carbons (Fsp3) is 1.00. The molecule has 0 aliphatic carbocycles. The fourth-order valence-corrected chi connectivity index (χ4v) is 5.43. The fourth-order valence-electron chi connectivity index (χ4n) is 3.58. The Bertz CT molecular complexity index is 267. The molecule has 0 heterocycles. The number of hydrogen-bond acceptors (Lipinski definition) is 0. The van der Waals surface area contributed by atoms with Crippen LogP contribution in [0.3, 0.4) is 0 Å². The molecule has 0 aromatic carbocycles. The summed E-state index contributed by atoms with van der Waals surface area (Å²) in [6.07, 6.45) is 28.1. The molecule has 0 aliphatic rings. The highest BCUT2D eigenvalue weighted by Gasteiger charge is 2.23. The first-order chi connectivity index (χ1) is 12.6. The van der Waals surface area contributed by atoms with Crippen LogP contribution in [-0.4, -0.2) is 6.00 Å². The van der Waals surface area contributed by atoms with E-state index in [1.165, 1.54) is 122 Å². The quantitative estimate of drug-likeness (QED) is 0.0939. The van der Waals surface area contributed by atoms with E-state index in [4.69, 9.17) is 33.2 Å². The van der Waals surface area contributed by atoms with Crippen LogP contribution in [-0.2, 0) is 0 Å².